The van der Waals surface area contributed by atoms with Crippen LogP contribution >= 0.6 is 15.9 Å². The highest BCUT2D eigenvalue weighted by Gasteiger charge is 2.26. The number of aliphatic imine (C=N–C) groups is 1. The van der Waals surface area contributed by atoms with E-state index in [2.05, 4.69) is 36.9 Å². The van der Waals surface area contributed by atoms with Crippen molar-refractivity contribution in [3.8, 4) is 0 Å². The highest BCUT2D eigenvalue weighted by molar-refractivity contribution is 9.10. The Kier molecular flexibility index (Phi) is 7.87. The van der Waals surface area contributed by atoms with Crippen molar-refractivity contribution < 1.29 is 18.0 Å². The summed E-state index contributed by atoms with van der Waals surface area (Å²) in [6.45, 7) is -0.0116. The van der Waals surface area contributed by atoms with Gasteiger partial charge in [-0.25, -0.2) is 0 Å². The molecule has 0 saturated carbocycles. The van der Waals surface area contributed by atoms with Crippen molar-refractivity contribution in [2.75, 3.05) is 25.5 Å². The molecule has 0 atom stereocenters. The fraction of sp³-hybridized carbons (Fsp3) is 0.429. The van der Waals surface area contributed by atoms with Crippen molar-refractivity contribution in [1.29, 1.82) is 0 Å². The van der Waals surface area contributed by atoms with Gasteiger partial charge >= 0.3 is 6.18 Å². The number of alkyl halides is 3. The van der Waals surface area contributed by atoms with Gasteiger partial charge in [0.1, 0.15) is 0 Å². The zero-order valence-corrected chi connectivity index (χ0v) is 14.1. The second kappa shape index (κ2) is 9.39. The number of rotatable bonds is 6. The van der Waals surface area contributed by atoms with Gasteiger partial charge in [0.2, 0.25) is 5.91 Å². The average molecular weight is 395 g/mol. The summed E-state index contributed by atoms with van der Waals surface area (Å²) < 4.78 is 37.0. The number of carbonyl (C=O) groups is 1. The Morgan fingerprint density at radius 1 is 1.17 bits per heavy atom. The summed E-state index contributed by atoms with van der Waals surface area (Å²) in [5.74, 6) is 0.0243. The van der Waals surface area contributed by atoms with Crippen LogP contribution in [-0.2, 0) is 4.79 Å². The predicted molar refractivity (Wildman–Crippen MR) is 87.4 cm³/mol. The molecule has 0 saturated heterocycles. The smallest absolute Gasteiger partial charge is 0.356 e. The van der Waals surface area contributed by atoms with Crippen molar-refractivity contribution in [2.24, 2.45) is 4.99 Å². The fourth-order valence-corrected chi connectivity index (χ4v) is 1.86. The van der Waals surface area contributed by atoms with E-state index in [1.165, 1.54) is 7.05 Å². The zero-order valence-electron chi connectivity index (χ0n) is 12.5. The summed E-state index contributed by atoms with van der Waals surface area (Å²) in [5.41, 5.74) is 0.672. The molecule has 1 amide bonds. The third kappa shape index (κ3) is 9.07. The van der Waals surface area contributed by atoms with Crippen molar-refractivity contribution in [2.45, 2.75) is 19.0 Å². The number of anilines is 1. The Hall–Kier alpha value is -1.77. The first-order valence-electron chi connectivity index (χ1n) is 6.87. The molecule has 0 aliphatic heterocycles. The summed E-state index contributed by atoms with van der Waals surface area (Å²) in [5, 5.41) is 8.04. The van der Waals surface area contributed by atoms with Crippen LogP contribution in [0.1, 0.15) is 12.8 Å². The van der Waals surface area contributed by atoms with E-state index >= 15 is 0 Å². The number of nitrogens with one attached hydrogen (secondary N) is 3. The van der Waals surface area contributed by atoms with Gasteiger partial charge in [0, 0.05) is 36.7 Å². The monoisotopic (exact) mass is 394 g/mol. The lowest BCUT2D eigenvalue weighted by Gasteiger charge is -2.12. The molecule has 0 heterocycles. The van der Waals surface area contributed by atoms with Crippen LogP contribution in [0, 0.1) is 0 Å². The Labute approximate surface area is 140 Å². The van der Waals surface area contributed by atoms with Gasteiger partial charge in [0.15, 0.2) is 5.96 Å². The number of hydrogen-bond donors (Lipinski definition) is 3. The van der Waals surface area contributed by atoms with Crippen molar-refractivity contribution >= 4 is 33.5 Å². The van der Waals surface area contributed by atoms with E-state index in [4.69, 9.17) is 0 Å². The summed E-state index contributed by atoms with van der Waals surface area (Å²) >= 11 is 3.30. The first-order valence-corrected chi connectivity index (χ1v) is 7.66. The van der Waals surface area contributed by atoms with E-state index in [1.807, 2.05) is 0 Å². The van der Waals surface area contributed by atoms with Crippen LogP contribution in [0.5, 0.6) is 0 Å². The Morgan fingerprint density at radius 2 is 1.78 bits per heavy atom. The van der Waals surface area contributed by atoms with E-state index in [-0.39, 0.29) is 31.4 Å². The molecule has 9 heteroatoms. The van der Waals surface area contributed by atoms with Gasteiger partial charge in [-0.2, -0.15) is 13.2 Å². The lowest BCUT2D eigenvalue weighted by atomic mass is 10.3. The summed E-state index contributed by atoms with van der Waals surface area (Å²) in [7, 11) is 1.45. The molecule has 1 aromatic carbocycles. The van der Waals surface area contributed by atoms with Crippen LogP contribution in [-0.4, -0.2) is 38.2 Å². The minimum Gasteiger partial charge on any atom is -0.356 e. The number of carbonyl (C=O) groups excluding carboxylic acids is 1. The normalized spacial score (nSPS) is 12.0. The first-order chi connectivity index (χ1) is 10.8. The third-order valence-corrected chi connectivity index (χ3v) is 3.23. The Morgan fingerprint density at radius 3 is 2.35 bits per heavy atom. The Balaban J connectivity index is 2.25. The molecule has 0 fully saturated rings. The highest BCUT2D eigenvalue weighted by Crippen LogP contribution is 2.18. The summed E-state index contributed by atoms with van der Waals surface area (Å²) in [6, 6.07) is 7.13. The van der Waals surface area contributed by atoms with Crippen LogP contribution in [0.4, 0.5) is 18.9 Å². The minimum absolute atomic E-state index is 0.163. The predicted octanol–water partition coefficient (Wildman–Crippen LogP) is 2.90. The zero-order chi connectivity index (χ0) is 17.3. The lowest BCUT2D eigenvalue weighted by Crippen LogP contribution is -2.40. The maximum absolute atomic E-state index is 12.0. The third-order valence-electron chi connectivity index (χ3n) is 2.70. The molecule has 23 heavy (non-hydrogen) atoms. The number of hydrogen-bond acceptors (Lipinski definition) is 2. The van der Waals surface area contributed by atoms with Crippen LogP contribution in [0.3, 0.4) is 0 Å². The minimum atomic E-state index is -4.21. The molecule has 0 aliphatic rings. The number of benzene rings is 1. The molecule has 0 aliphatic carbocycles. The molecular weight excluding hydrogens is 377 g/mol. The molecule has 0 unspecified atom stereocenters. The van der Waals surface area contributed by atoms with Crippen LogP contribution in [0.2, 0.25) is 0 Å². The first kappa shape index (κ1) is 19.3. The average Bonchev–Trinajstić information content (AvgIpc) is 2.47. The van der Waals surface area contributed by atoms with Gasteiger partial charge in [-0.3, -0.25) is 9.79 Å². The largest absolute Gasteiger partial charge is 0.390 e. The van der Waals surface area contributed by atoms with E-state index in [1.54, 1.807) is 24.3 Å². The second-order valence-electron chi connectivity index (χ2n) is 4.60. The van der Waals surface area contributed by atoms with Gasteiger partial charge in [-0.15, -0.1) is 0 Å². The van der Waals surface area contributed by atoms with Crippen molar-refractivity contribution in [1.82, 2.24) is 10.6 Å². The molecular formula is C14H18BrF3N4O. The molecule has 0 aromatic heterocycles. The van der Waals surface area contributed by atoms with Gasteiger partial charge < -0.3 is 16.0 Å². The summed E-state index contributed by atoms with van der Waals surface area (Å²) in [4.78, 5) is 15.5. The topological polar surface area (TPSA) is 65.5 Å². The van der Waals surface area contributed by atoms with Crippen molar-refractivity contribution in [3.05, 3.63) is 28.7 Å². The van der Waals surface area contributed by atoms with Gasteiger partial charge in [-0.1, -0.05) is 15.9 Å². The van der Waals surface area contributed by atoms with E-state index in [9.17, 15) is 18.0 Å². The number of amides is 1. The second-order valence-corrected chi connectivity index (χ2v) is 5.51. The molecule has 128 valence electrons. The molecule has 3 N–H and O–H groups in total. The Bertz CT molecular complexity index is 532. The van der Waals surface area contributed by atoms with Crippen LogP contribution in [0.25, 0.3) is 0 Å². The number of nitrogens with zero attached hydrogens (tertiary/aromatic N) is 1. The van der Waals surface area contributed by atoms with Crippen molar-refractivity contribution in [3.63, 3.8) is 0 Å². The highest BCUT2D eigenvalue weighted by atomic mass is 79.9. The van der Waals surface area contributed by atoms with E-state index < -0.39 is 12.6 Å². The standard InChI is InChI=1S/C14H18BrF3N4O/c1-19-13(21-9-7-14(16,17)18)20-8-6-12(23)22-11-4-2-10(15)3-5-11/h2-5H,6-9H2,1H3,(H,22,23)(H2,19,20,21). The van der Waals surface area contributed by atoms with Gasteiger partial charge in [-0.05, 0) is 24.3 Å². The molecule has 1 rings (SSSR count). The van der Waals surface area contributed by atoms with Crippen LogP contribution < -0.4 is 16.0 Å². The maximum atomic E-state index is 12.0. The molecule has 1 aromatic rings. The van der Waals surface area contributed by atoms with E-state index in [0.717, 1.165) is 4.47 Å². The number of guanidine groups is 1. The molecule has 0 bridgehead atoms. The molecule has 5 nitrogen and oxygen atoms in total. The van der Waals surface area contributed by atoms with Crippen LogP contribution in [0.15, 0.2) is 33.7 Å². The number of halogens is 4. The maximum Gasteiger partial charge on any atom is 0.390 e. The van der Waals surface area contributed by atoms with Gasteiger partial charge in [0.25, 0.3) is 0 Å². The molecule has 0 radical (unpaired) electrons. The fourth-order valence-electron chi connectivity index (χ4n) is 1.59. The SMILES string of the molecule is CN=C(NCCC(=O)Nc1ccc(Br)cc1)NCCC(F)(F)F. The summed E-state index contributed by atoms with van der Waals surface area (Å²) in [6.07, 6.45) is -5.00. The van der Waals surface area contributed by atoms with Gasteiger partial charge in [0.05, 0.1) is 6.42 Å². The molecule has 0 spiro atoms. The quantitative estimate of drug-likeness (QED) is 0.513. The van der Waals surface area contributed by atoms with E-state index in [0.29, 0.717) is 5.69 Å². The lowest BCUT2D eigenvalue weighted by molar-refractivity contribution is -0.132.